The van der Waals surface area contributed by atoms with Gasteiger partial charge in [0.1, 0.15) is 17.7 Å². The van der Waals surface area contributed by atoms with E-state index >= 15 is 0 Å². The summed E-state index contributed by atoms with van der Waals surface area (Å²) in [6.07, 6.45) is 0.883. The van der Waals surface area contributed by atoms with Gasteiger partial charge in [0.2, 0.25) is 0 Å². The van der Waals surface area contributed by atoms with Crippen LogP contribution in [-0.2, 0) is 4.79 Å². The molecule has 3 N–H and O–H groups in total. The summed E-state index contributed by atoms with van der Waals surface area (Å²) in [5, 5.41) is 8.83. The van der Waals surface area contributed by atoms with E-state index in [1.54, 1.807) is 43.5 Å². The van der Waals surface area contributed by atoms with Gasteiger partial charge in [0.25, 0.3) is 0 Å². The number of ether oxygens (including phenoxy) is 2. The summed E-state index contributed by atoms with van der Waals surface area (Å²) in [6, 6.07) is 11.1. The number of benzene rings is 2. The third-order valence-corrected chi connectivity index (χ3v) is 4.94. The summed E-state index contributed by atoms with van der Waals surface area (Å²) in [5.41, 5.74) is 7.73. The third kappa shape index (κ3) is 4.93. The SMILES string of the molecule is CC(Oc1cc(-c2ccc(OCC(=O)O)cc2)cnc1N)c1c(Cl)ccc(F)c1Cl. The topological polar surface area (TPSA) is 94.7 Å². The lowest BCUT2D eigenvalue weighted by atomic mass is 10.1. The summed E-state index contributed by atoms with van der Waals surface area (Å²) in [6.45, 7) is 1.25. The zero-order valence-corrected chi connectivity index (χ0v) is 17.2. The molecule has 0 aliphatic heterocycles. The highest BCUT2D eigenvalue weighted by atomic mass is 35.5. The van der Waals surface area contributed by atoms with Crippen molar-refractivity contribution >= 4 is 35.0 Å². The molecule has 156 valence electrons. The Bertz CT molecular complexity index is 1080. The lowest BCUT2D eigenvalue weighted by Gasteiger charge is -2.19. The number of nitrogen functional groups attached to an aromatic ring is 1. The summed E-state index contributed by atoms with van der Waals surface area (Å²) in [4.78, 5) is 14.7. The molecule has 2 aromatic carbocycles. The van der Waals surface area contributed by atoms with E-state index in [0.717, 1.165) is 5.56 Å². The first-order chi connectivity index (χ1) is 14.3. The minimum Gasteiger partial charge on any atom is -0.482 e. The Morgan fingerprint density at radius 2 is 1.90 bits per heavy atom. The van der Waals surface area contributed by atoms with Gasteiger partial charge in [-0.3, -0.25) is 0 Å². The van der Waals surface area contributed by atoms with Crippen LogP contribution in [0.15, 0.2) is 48.7 Å². The highest BCUT2D eigenvalue weighted by Gasteiger charge is 2.20. The molecule has 3 rings (SSSR count). The highest BCUT2D eigenvalue weighted by Crippen LogP contribution is 2.37. The van der Waals surface area contributed by atoms with Gasteiger partial charge in [0.05, 0.1) is 5.02 Å². The molecule has 0 saturated heterocycles. The number of nitrogens with two attached hydrogens (primary N) is 1. The van der Waals surface area contributed by atoms with Gasteiger partial charge in [0.15, 0.2) is 18.2 Å². The lowest BCUT2D eigenvalue weighted by molar-refractivity contribution is -0.139. The predicted molar refractivity (Wildman–Crippen MR) is 113 cm³/mol. The van der Waals surface area contributed by atoms with E-state index in [2.05, 4.69) is 4.98 Å². The highest BCUT2D eigenvalue weighted by molar-refractivity contribution is 6.36. The number of rotatable bonds is 7. The predicted octanol–water partition coefficient (Wildman–Crippen LogP) is 5.38. The molecular formula is C21H17Cl2FN2O4. The van der Waals surface area contributed by atoms with E-state index in [9.17, 15) is 9.18 Å². The Hall–Kier alpha value is -3.03. The van der Waals surface area contributed by atoms with Crippen LogP contribution in [0.25, 0.3) is 11.1 Å². The smallest absolute Gasteiger partial charge is 0.341 e. The van der Waals surface area contributed by atoms with E-state index in [1.165, 1.54) is 12.1 Å². The van der Waals surface area contributed by atoms with Crippen molar-refractivity contribution in [3.63, 3.8) is 0 Å². The summed E-state index contributed by atoms with van der Waals surface area (Å²) < 4.78 is 24.8. The van der Waals surface area contributed by atoms with Crippen molar-refractivity contribution < 1.29 is 23.8 Å². The average Bonchev–Trinajstić information content (AvgIpc) is 2.71. The fourth-order valence-corrected chi connectivity index (χ4v) is 3.44. The molecule has 0 aliphatic carbocycles. The number of hydrogen-bond donors (Lipinski definition) is 2. The first-order valence-corrected chi connectivity index (χ1v) is 9.52. The van der Waals surface area contributed by atoms with Crippen LogP contribution < -0.4 is 15.2 Å². The van der Waals surface area contributed by atoms with Crippen molar-refractivity contribution in [1.82, 2.24) is 4.98 Å². The van der Waals surface area contributed by atoms with Crippen LogP contribution in [0.2, 0.25) is 10.0 Å². The number of hydrogen-bond acceptors (Lipinski definition) is 5. The third-order valence-electron chi connectivity index (χ3n) is 4.22. The van der Waals surface area contributed by atoms with Crippen LogP contribution in [0, 0.1) is 5.82 Å². The Morgan fingerprint density at radius 1 is 1.20 bits per heavy atom. The summed E-state index contributed by atoms with van der Waals surface area (Å²) in [7, 11) is 0. The first-order valence-electron chi connectivity index (χ1n) is 8.77. The minimum atomic E-state index is -1.06. The van der Waals surface area contributed by atoms with Crippen LogP contribution >= 0.6 is 23.2 Å². The Labute approximate surface area is 182 Å². The first kappa shape index (κ1) is 21.7. The van der Waals surface area contributed by atoms with Gasteiger partial charge in [-0.1, -0.05) is 35.3 Å². The van der Waals surface area contributed by atoms with Gasteiger partial charge in [-0.05, 0) is 42.8 Å². The van der Waals surface area contributed by atoms with E-state index in [1.807, 2.05) is 0 Å². The minimum absolute atomic E-state index is 0.116. The molecule has 1 unspecified atom stereocenters. The molecule has 1 atom stereocenters. The van der Waals surface area contributed by atoms with E-state index in [0.29, 0.717) is 16.9 Å². The number of carboxylic acids is 1. The van der Waals surface area contributed by atoms with Gasteiger partial charge in [-0.15, -0.1) is 0 Å². The molecule has 9 heteroatoms. The monoisotopic (exact) mass is 450 g/mol. The van der Waals surface area contributed by atoms with E-state index in [4.69, 9.17) is 43.5 Å². The molecule has 0 fully saturated rings. The Balaban J connectivity index is 1.84. The molecule has 1 aromatic heterocycles. The zero-order chi connectivity index (χ0) is 21.8. The van der Waals surface area contributed by atoms with Crippen LogP contribution in [0.1, 0.15) is 18.6 Å². The number of carboxylic acid groups (broad SMARTS) is 1. The van der Waals surface area contributed by atoms with Gasteiger partial charge >= 0.3 is 5.97 Å². The number of pyridine rings is 1. The number of carbonyl (C=O) groups is 1. The second-order valence-electron chi connectivity index (χ2n) is 6.33. The van der Waals surface area contributed by atoms with E-state index in [-0.39, 0.29) is 21.6 Å². The molecular weight excluding hydrogens is 434 g/mol. The van der Waals surface area contributed by atoms with Crippen LogP contribution in [0.4, 0.5) is 10.2 Å². The van der Waals surface area contributed by atoms with Crippen molar-refractivity contribution in [2.24, 2.45) is 0 Å². The molecule has 3 aromatic rings. The van der Waals surface area contributed by atoms with Gasteiger partial charge < -0.3 is 20.3 Å². The molecule has 6 nitrogen and oxygen atoms in total. The number of nitrogens with zero attached hydrogens (tertiary/aromatic N) is 1. The molecule has 0 aliphatic rings. The lowest BCUT2D eigenvalue weighted by Crippen LogP contribution is -2.09. The molecule has 0 radical (unpaired) electrons. The number of aliphatic carboxylic acids is 1. The van der Waals surface area contributed by atoms with Gasteiger partial charge in [0, 0.05) is 22.3 Å². The molecule has 0 spiro atoms. The normalized spacial score (nSPS) is 11.7. The number of aromatic nitrogens is 1. The molecule has 30 heavy (non-hydrogen) atoms. The van der Waals surface area contributed by atoms with Crippen molar-refractivity contribution in [2.45, 2.75) is 13.0 Å². The quantitative estimate of drug-likeness (QED) is 0.469. The molecule has 0 bridgehead atoms. The zero-order valence-electron chi connectivity index (χ0n) is 15.7. The van der Waals surface area contributed by atoms with Crippen molar-refractivity contribution in [1.29, 1.82) is 0 Å². The fraction of sp³-hybridized carbons (Fsp3) is 0.143. The molecule has 0 saturated carbocycles. The van der Waals surface area contributed by atoms with Gasteiger partial charge in [-0.2, -0.15) is 0 Å². The van der Waals surface area contributed by atoms with E-state index < -0.39 is 24.5 Å². The second-order valence-corrected chi connectivity index (χ2v) is 7.12. The van der Waals surface area contributed by atoms with Crippen LogP contribution in [-0.4, -0.2) is 22.7 Å². The van der Waals surface area contributed by atoms with Crippen molar-refractivity contribution in [3.05, 3.63) is 70.1 Å². The second kappa shape index (κ2) is 9.19. The van der Waals surface area contributed by atoms with Crippen LogP contribution in [0.5, 0.6) is 11.5 Å². The maximum atomic E-state index is 13.8. The number of anilines is 1. The van der Waals surface area contributed by atoms with Crippen molar-refractivity contribution in [3.8, 4) is 22.6 Å². The fourth-order valence-electron chi connectivity index (χ4n) is 2.76. The Kier molecular flexibility index (Phi) is 6.64. The van der Waals surface area contributed by atoms with Crippen LogP contribution in [0.3, 0.4) is 0 Å². The Morgan fingerprint density at radius 3 is 2.57 bits per heavy atom. The average molecular weight is 451 g/mol. The largest absolute Gasteiger partial charge is 0.482 e. The van der Waals surface area contributed by atoms with Gasteiger partial charge in [-0.25, -0.2) is 14.2 Å². The number of halogens is 3. The molecule has 0 amide bonds. The standard InChI is InChI=1S/C21H17Cl2FN2O4/c1-11(19-15(22)6-7-16(24)20(19)23)30-17-8-13(9-26-21(17)25)12-2-4-14(5-3-12)29-10-18(27)28/h2-9,11H,10H2,1H3,(H2,25,26)(H,27,28). The maximum absolute atomic E-state index is 13.8. The summed E-state index contributed by atoms with van der Waals surface area (Å²) >= 11 is 12.2. The maximum Gasteiger partial charge on any atom is 0.341 e. The molecule has 1 heterocycles. The van der Waals surface area contributed by atoms with Crippen molar-refractivity contribution in [2.75, 3.05) is 12.3 Å². The summed E-state index contributed by atoms with van der Waals surface area (Å²) in [5.74, 6) is -0.809.